The molecule has 5 nitrogen and oxygen atoms in total. The van der Waals surface area contributed by atoms with Gasteiger partial charge in [0.1, 0.15) is 5.82 Å². The monoisotopic (exact) mass is 251 g/mol. The number of nitrogens with zero attached hydrogens (tertiary/aromatic N) is 2. The molecule has 5 heteroatoms. The Kier molecular flexibility index (Phi) is 4.01. The number of aliphatic hydroxyl groups is 1. The van der Waals surface area contributed by atoms with Gasteiger partial charge in [-0.05, 0) is 25.7 Å². The van der Waals surface area contributed by atoms with E-state index < -0.39 is 6.10 Å². The Morgan fingerprint density at radius 3 is 3.00 bits per heavy atom. The highest BCUT2D eigenvalue weighted by Gasteiger charge is 2.31. The molecular formula is C13H21N3O2. The summed E-state index contributed by atoms with van der Waals surface area (Å²) in [5.41, 5.74) is 0.988. The summed E-state index contributed by atoms with van der Waals surface area (Å²) >= 11 is 0. The number of hydrogen-bond acceptors (Lipinski definition) is 3. The summed E-state index contributed by atoms with van der Waals surface area (Å²) in [6, 6.07) is 1.91. The standard InChI is InChI=1S/C13H21N3O2/c1-3-5-9-8-12(16(2)15-9)14-13(18)10-6-4-7-11(10)17/h8,10-11,17H,3-7H2,1-2H3,(H,14,18). The second-order valence-corrected chi connectivity index (χ2v) is 4.99. The molecule has 100 valence electrons. The second-order valence-electron chi connectivity index (χ2n) is 4.99. The van der Waals surface area contributed by atoms with E-state index in [0.717, 1.165) is 37.8 Å². The van der Waals surface area contributed by atoms with Crippen LogP contribution < -0.4 is 5.32 Å². The number of hydrogen-bond donors (Lipinski definition) is 2. The Balaban J connectivity index is 2.02. The summed E-state index contributed by atoms with van der Waals surface area (Å²) in [7, 11) is 1.82. The van der Waals surface area contributed by atoms with Crippen LogP contribution in [0.1, 0.15) is 38.3 Å². The fraction of sp³-hybridized carbons (Fsp3) is 0.692. The first-order valence-electron chi connectivity index (χ1n) is 6.63. The lowest BCUT2D eigenvalue weighted by Gasteiger charge is -2.14. The molecule has 2 unspecified atom stereocenters. The van der Waals surface area contributed by atoms with Gasteiger partial charge in [-0.2, -0.15) is 5.10 Å². The summed E-state index contributed by atoms with van der Waals surface area (Å²) in [6.07, 6.45) is 3.87. The number of carbonyl (C=O) groups excluding carboxylic acids is 1. The summed E-state index contributed by atoms with van der Waals surface area (Å²) in [5.74, 6) is 0.350. The van der Waals surface area contributed by atoms with Crippen LogP contribution >= 0.6 is 0 Å². The highest BCUT2D eigenvalue weighted by Crippen LogP contribution is 2.26. The zero-order chi connectivity index (χ0) is 13.1. The Hall–Kier alpha value is -1.36. The SMILES string of the molecule is CCCc1cc(NC(=O)C2CCCC2O)n(C)n1. The lowest BCUT2D eigenvalue weighted by Crippen LogP contribution is -2.29. The number of rotatable bonds is 4. The molecule has 0 radical (unpaired) electrons. The zero-order valence-electron chi connectivity index (χ0n) is 11.0. The molecule has 18 heavy (non-hydrogen) atoms. The van der Waals surface area contributed by atoms with Crippen LogP contribution in [0, 0.1) is 5.92 Å². The lowest BCUT2D eigenvalue weighted by atomic mass is 10.1. The Morgan fingerprint density at radius 1 is 1.61 bits per heavy atom. The van der Waals surface area contributed by atoms with Crippen molar-refractivity contribution >= 4 is 11.7 Å². The molecule has 2 N–H and O–H groups in total. The lowest BCUT2D eigenvalue weighted by molar-refractivity contribution is -0.122. The zero-order valence-corrected chi connectivity index (χ0v) is 11.0. The minimum Gasteiger partial charge on any atom is -0.392 e. The maximum Gasteiger partial charge on any atom is 0.231 e. The Labute approximate surface area is 107 Å². The van der Waals surface area contributed by atoms with Gasteiger partial charge < -0.3 is 10.4 Å². The number of nitrogens with one attached hydrogen (secondary N) is 1. The first-order valence-corrected chi connectivity index (χ1v) is 6.63. The maximum absolute atomic E-state index is 12.0. The van der Waals surface area contributed by atoms with Gasteiger partial charge in [-0.15, -0.1) is 0 Å². The predicted molar refractivity (Wildman–Crippen MR) is 69.2 cm³/mol. The highest BCUT2D eigenvalue weighted by atomic mass is 16.3. The molecule has 1 fully saturated rings. The Bertz CT molecular complexity index is 428. The van der Waals surface area contributed by atoms with Crippen molar-refractivity contribution in [3.8, 4) is 0 Å². The minimum absolute atomic E-state index is 0.0916. The van der Waals surface area contributed by atoms with Gasteiger partial charge in [0.2, 0.25) is 5.91 Å². The van der Waals surface area contributed by atoms with Crippen molar-refractivity contribution in [2.75, 3.05) is 5.32 Å². The van der Waals surface area contributed by atoms with Crippen LogP contribution in [-0.4, -0.2) is 26.9 Å². The van der Waals surface area contributed by atoms with Crippen LogP contribution in [0.5, 0.6) is 0 Å². The average molecular weight is 251 g/mol. The molecule has 1 saturated carbocycles. The van der Waals surface area contributed by atoms with Gasteiger partial charge in [-0.3, -0.25) is 9.48 Å². The van der Waals surface area contributed by atoms with E-state index in [9.17, 15) is 9.90 Å². The molecule has 1 aliphatic rings. The number of aryl methyl sites for hydroxylation is 2. The van der Waals surface area contributed by atoms with E-state index in [0.29, 0.717) is 5.82 Å². The molecule has 0 spiro atoms. The van der Waals surface area contributed by atoms with E-state index in [-0.39, 0.29) is 11.8 Å². The molecule has 1 aromatic rings. The Morgan fingerprint density at radius 2 is 2.39 bits per heavy atom. The number of anilines is 1. The molecule has 2 atom stereocenters. The third kappa shape index (κ3) is 2.72. The molecule has 0 aliphatic heterocycles. The average Bonchev–Trinajstić information content (AvgIpc) is 2.87. The van der Waals surface area contributed by atoms with Crippen LogP contribution in [0.3, 0.4) is 0 Å². The van der Waals surface area contributed by atoms with Gasteiger partial charge in [-0.25, -0.2) is 0 Å². The van der Waals surface area contributed by atoms with E-state index in [1.807, 2.05) is 13.1 Å². The van der Waals surface area contributed by atoms with Gasteiger partial charge >= 0.3 is 0 Å². The minimum atomic E-state index is -0.492. The second kappa shape index (κ2) is 5.52. The fourth-order valence-electron chi connectivity index (χ4n) is 2.49. The molecule has 0 bridgehead atoms. The van der Waals surface area contributed by atoms with Crippen molar-refractivity contribution < 1.29 is 9.90 Å². The van der Waals surface area contributed by atoms with Crippen LogP contribution in [-0.2, 0) is 18.3 Å². The van der Waals surface area contributed by atoms with Crippen molar-refractivity contribution in [2.24, 2.45) is 13.0 Å². The van der Waals surface area contributed by atoms with Crippen molar-refractivity contribution in [1.82, 2.24) is 9.78 Å². The molecular weight excluding hydrogens is 230 g/mol. The predicted octanol–water partition coefficient (Wildman–Crippen LogP) is 1.47. The summed E-state index contributed by atoms with van der Waals surface area (Å²) in [5, 5.41) is 16.9. The normalized spacial score (nSPS) is 23.3. The van der Waals surface area contributed by atoms with E-state index >= 15 is 0 Å². The maximum atomic E-state index is 12.0. The van der Waals surface area contributed by atoms with Crippen molar-refractivity contribution in [1.29, 1.82) is 0 Å². The summed E-state index contributed by atoms with van der Waals surface area (Å²) < 4.78 is 1.68. The highest BCUT2D eigenvalue weighted by molar-refractivity contribution is 5.92. The molecule has 0 aromatic carbocycles. The molecule has 2 rings (SSSR count). The third-order valence-corrected chi connectivity index (χ3v) is 3.50. The number of aliphatic hydroxyl groups excluding tert-OH is 1. The number of amides is 1. The first-order chi connectivity index (χ1) is 8.61. The smallest absolute Gasteiger partial charge is 0.231 e. The van der Waals surface area contributed by atoms with Crippen LogP contribution in [0.2, 0.25) is 0 Å². The van der Waals surface area contributed by atoms with E-state index in [1.54, 1.807) is 4.68 Å². The van der Waals surface area contributed by atoms with Gasteiger partial charge in [0.25, 0.3) is 0 Å². The van der Waals surface area contributed by atoms with Crippen molar-refractivity contribution in [3.05, 3.63) is 11.8 Å². The fourth-order valence-corrected chi connectivity index (χ4v) is 2.49. The first kappa shape index (κ1) is 13.1. The van der Waals surface area contributed by atoms with Crippen LogP contribution in [0.15, 0.2) is 6.07 Å². The topological polar surface area (TPSA) is 67.2 Å². The molecule has 0 saturated heterocycles. The number of aromatic nitrogens is 2. The molecule has 1 aliphatic carbocycles. The molecule has 1 aromatic heterocycles. The van der Waals surface area contributed by atoms with Crippen molar-refractivity contribution in [3.63, 3.8) is 0 Å². The van der Waals surface area contributed by atoms with Crippen LogP contribution in [0.4, 0.5) is 5.82 Å². The summed E-state index contributed by atoms with van der Waals surface area (Å²) in [6.45, 7) is 2.10. The largest absolute Gasteiger partial charge is 0.392 e. The van der Waals surface area contributed by atoms with Gasteiger partial charge in [0.05, 0.1) is 17.7 Å². The van der Waals surface area contributed by atoms with Gasteiger partial charge in [-0.1, -0.05) is 13.3 Å². The molecule has 1 heterocycles. The number of carbonyl (C=O) groups is 1. The van der Waals surface area contributed by atoms with E-state index in [1.165, 1.54) is 0 Å². The van der Waals surface area contributed by atoms with Crippen LogP contribution in [0.25, 0.3) is 0 Å². The van der Waals surface area contributed by atoms with E-state index in [2.05, 4.69) is 17.3 Å². The third-order valence-electron chi connectivity index (χ3n) is 3.50. The quantitative estimate of drug-likeness (QED) is 0.851. The van der Waals surface area contributed by atoms with E-state index in [4.69, 9.17) is 0 Å². The summed E-state index contributed by atoms with van der Waals surface area (Å²) in [4.78, 5) is 12.0. The van der Waals surface area contributed by atoms with Gasteiger partial charge in [0, 0.05) is 13.1 Å². The van der Waals surface area contributed by atoms with Crippen molar-refractivity contribution in [2.45, 2.75) is 45.1 Å². The van der Waals surface area contributed by atoms with Gasteiger partial charge in [0.15, 0.2) is 0 Å². The molecule has 1 amide bonds.